The largest absolute Gasteiger partial charge is 0.462 e. The van der Waals surface area contributed by atoms with E-state index in [9.17, 15) is 4.79 Å². The lowest BCUT2D eigenvalue weighted by Crippen LogP contribution is -2.18. The SMILES string of the molecule is CCCCCCCCCCCCCCCC(=O)OC(CCCCCC)CCCCCCC. The van der Waals surface area contributed by atoms with E-state index in [2.05, 4.69) is 20.8 Å². The summed E-state index contributed by atoms with van der Waals surface area (Å²) in [4.78, 5) is 12.4. The number of esters is 1. The highest BCUT2D eigenvalue weighted by Crippen LogP contribution is 2.18. The molecular weight excluding hydrogens is 392 g/mol. The fourth-order valence-corrected chi connectivity index (χ4v) is 4.57. The molecule has 0 saturated heterocycles. The molecule has 0 fully saturated rings. The lowest BCUT2D eigenvalue weighted by molar-refractivity contribution is -0.150. The summed E-state index contributed by atoms with van der Waals surface area (Å²) in [6, 6.07) is 0. The van der Waals surface area contributed by atoms with Crippen molar-refractivity contribution in [3.63, 3.8) is 0 Å². The van der Waals surface area contributed by atoms with Crippen LogP contribution in [-0.4, -0.2) is 12.1 Å². The number of carbonyl (C=O) groups excluding carboxylic acids is 1. The van der Waals surface area contributed by atoms with Crippen molar-refractivity contribution in [1.29, 1.82) is 0 Å². The normalized spacial score (nSPS) is 12.2. The molecule has 192 valence electrons. The van der Waals surface area contributed by atoms with E-state index in [1.165, 1.54) is 135 Å². The zero-order valence-electron chi connectivity index (χ0n) is 22.6. The second-order valence-electron chi connectivity index (χ2n) is 10.2. The smallest absolute Gasteiger partial charge is 0.306 e. The second-order valence-corrected chi connectivity index (χ2v) is 10.2. The van der Waals surface area contributed by atoms with Gasteiger partial charge in [0.2, 0.25) is 0 Å². The van der Waals surface area contributed by atoms with Crippen LogP contribution in [0.2, 0.25) is 0 Å². The molecule has 0 radical (unpaired) electrons. The first-order valence-electron chi connectivity index (χ1n) is 14.9. The van der Waals surface area contributed by atoms with Gasteiger partial charge in [-0.3, -0.25) is 4.79 Å². The second kappa shape index (κ2) is 26.7. The monoisotopic (exact) mass is 452 g/mol. The summed E-state index contributed by atoms with van der Waals surface area (Å²) in [6.07, 6.45) is 31.9. The van der Waals surface area contributed by atoms with Crippen molar-refractivity contribution in [1.82, 2.24) is 0 Å². The minimum atomic E-state index is 0.0575. The number of hydrogen-bond acceptors (Lipinski definition) is 2. The molecule has 0 aromatic rings. The third kappa shape index (κ3) is 24.1. The van der Waals surface area contributed by atoms with Crippen molar-refractivity contribution in [3.8, 4) is 0 Å². The topological polar surface area (TPSA) is 26.3 Å². The number of hydrogen-bond donors (Lipinski definition) is 0. The van der Waals surface area contributed by atoms with E-state index in [0.717, 1.165) is 19.3 Å². The van der Waals surface area contributed by atoms with Crippen LogP contribution >= 0.6 is 0 Å². The number of carbonyl (C=O) groups is 1. The van der Waals surface area contributed by atoms with Crippen LogP contribution in [0.25, 0.3) is 0 Å². The Bertz CT molecular complexity index is 366. The molecule has 0 amide bonds. The van der Waals surface area contributed by atoms with E-state index in [0.29, 0.717) is 6.42 Å². The Balaban J connectivity index is 3.71. The highest BCUT2D eigenvalue weighted by Gasteiger charge is 2.14. The summed E-state index contributed by atoms with van der Waals surface area (Å²) in [5.74, 6) is 0.0575. The molecule has 0 bridgehead atoms. The van der Waals surface area contributed by atoms with Crippen molar-refractivity contribution < 1.29 is 9.53 Å². The van der Waals surface area contributed by atoms with E-state index in [1.807, 2.05) is 0 Å². The quantitative estimate of drug-likeness (QED) is 0.0963. The van der Waals surface area contributed by atoms with Crippen LogP contribution in [0.3, 0.4) is 0 Å². The van der Waals surface area contributed by atoms with E-state index in [-0.39, 0.29) is 12.1 Å². The average molecular weight is 453 g/mol. The van der Waals surface area contributed by atoms with Crippen LogP contribution in [0.4, 0.5) is 0 Å². The molecule has 0 saturated carbocycles. The number of unbranched alkanes of at least 4 members (excludes halogenated alkanes) is 19. The lowest BCUT2D eigenvalue weighted by atomic mass is 10.0. The van der Waals surface area contributed by atoms with Crippen LogP contribution in [-0.2, 0) is 9.53 Å². The molecular formula is C30H60O2. The number of ether oxygens (including phenoxy) is 1. The zero-order valence-corrected chi connectivity index (χ0v) is 22.6. The van der Waals surface area contributed by atoms with Crippen molar-refractivity contribution in [3.05, 3.63) is 0 Å². The van der Waals surface area contributed by atoms with Gasteiger partial charge < -0.3 is 4.74 Å². The van der Waals surface area contributed by atoms with Crippen molar-refractivity contribution in [2.75, 3.05) is 0 Å². The first-order chi connectivity index (χ1) is 15.7. The summed E-state index contributed by atoms with van der Waals surface area (Å²) in [6.45, 7) is 6.79. The van der Waals surface area contributed by atoms with E-state index >= 15 is 0 Å². The highest BCUT2D eigenvalue weighted by atomic mass is 16.5. The van der Waals surface area contributed by atoms with E-state index < -0.39 is 0 Å². The Morgan fingerprint density at radius 1 is 0.469 bits per heavy atom. The fourth-order valence-electron chi connectivity index (χ4n) is 4.57. The predicted molar refractivity (Wildman–Crippen MR) is 142 cm³/mol. The summed E-state index contributed by atoms with van der Waals surface area (Å²) >= 11 is 0. The average Bonchev–Trinajstić information content (AvgIpc) is 2.79. The molecule has 0 aliphatic carbocycles. The minimum absolute atomic E-state index is 0.0575. The molecule has 2 nitrogen and oxygen atoms in total. The van der Waals surface area contributed by atoms with Crippen LogP contribution in [0.1, 0.15) is 181 Å². The molecule has 0 aliphatic heterocycles. The Kier molecular flexibility index (Phi) is 26.3. The van der Waals surface area contributed by atoms with Gasteiger partial charge in [0.25, 0.3) is 0 Å². The van der Waals surface area contributed by atoms with Crippen LogP contribution < -0.4 is 0 Å². The van der Waals surface area contributed by atoms with Gasteiger partial charge in [0.15, 0.2) is 0 Å². The molecule has 0 N–H and O–H groups in total. The van der Waals surface area contributed by atoms with Gasteiger partial charge in [-0.15, -0.1) is 0 Å². The van der Waals surface area contributed by atoms with Crippen LogP contribution in [0, 0.1) is 0 Å². The molecule has 0 heterocycles. The molecule has 1 atom stereocenters. The Labute approximate surface area is 203 Å². The Morgan fingerprint density at radius 2 is 0.781 bits per heavy atom. The van der Waals surface area contributed by atoms with Crippen molar-refractivity contribution in [2.45, 2.75) is 187 Å². The standard InChI is InChI=1S/C30H60O2/c1-4-7-10-13-14-15-16-17-18-19-20-22-25-28-30(31)32-29(26-23-12-9-6-3)27-24-21-11-8-5-2/h29H,4-28H2,1-3H3. The molecule has 2 heteroatoms. The maximum absolute atomic E-state index is 12.4. The van der Waals surface area contributed by atoms with Gasteiger partial charge in [-0.25, -0.2) is 0 Å². The van der Waals surface area contributed by atoms with Gasteiger partial charge in [0.05, 0.1) is 0 Å². The molecule has 0 aliphatic rings. The maximum atomic E-state index is 12.4. The molecule has 0 aromatic carbocycles. The molecule has 0 aromatic heterocycles. The van der Waals surface area contributed by atoms with Gasteiger partial charge in [-0.2, -0.15) is 0 Å². The summed E-state index contributed by atoms with van der Waals surface area (Å²) in [7, 11) is 0. The predicted octanol–water partition coefficient (Wildman–Crippen LogP) is 10.7. The first-order valence-corrected chi connectivity index (χ1v) is 14.9. The molecule has 0 rings (SSSR count). The van der Waals surface area contributed by atoms with Gasteiger partial charge in [-0.05, 0) is 32.1 Å². The maximum Gasteiger partial charge on any atom is 0.306 e. The van der Waals surface area contributed by atoms with E-state index in [4.69, 9.17) is 4.74 Å². The summed E-state index contributed by atoms with van der Waals surface area (Å²) in [5, 5.41) is 0. The molecule has 1 unspecified atom stereocenters. The summed E-state index contributed by atoms with van der Waals surface area (Å²) < 4.78 is 5.91. The van der Waals surface area contributed by atoms with Crippen LogP contribution in [0.5, 0.6) is 0 Å². The highest BCUT2D eigenvalue weighted by molar-refractivity contribution is 5.69. The van der Waals surface area contributed by atoms with E-state index in [1.54, 1.807) is 0 Å². The third-order valence-electron chi connectivity index (χ3n) is 6.79. The van der Waals surface area contributed by atoms with Crippen LogP contribution in [0.15, 0.2) is 0 Å². The van der Waals surface area contributed by atoms with Gasteiger partial charge in [0, 0.05) is 6.42 Å². The zero-order chi connectivity index (χ0) is 23.5. The molecule has 32 heavy (non-hydrogen) atoms. The van der Waals surface area contributed by atoms with Crippen molar-refractivity contribution >= 4 is 5.97 Å². The van der Waals surface area contributed by atoms with Crippen molar-refractivity contribution in [2.24, 2.45) is 0 Å². The Morgan fingerprint density at radius 3 is 1.19 bits per heavy atom. The van der Waals surface area contributed by atoms with Gasteiger partial charge >= 0.3 is 5.97 Å². The lowest BCUT2D eigenvalue weighted by Gasteiger charge is -2.18. The summed E-state index contributed by atoms with van der Waals surface area (Å²) in [5.41, 5.74) is 0. The van der Waals surface area contributed by atoms with Gasteiger partial charge in [-0.1, -0.05) is 143 Å². The number of rotatable bonds is 26. The molecule has 0 spiro atoms. The van der Waals surface area contributed by atoms with Gasteiger partial charge in [0.1, 0.15) is 6.10 Å². The third-order valence-corrected chi connectivity index (χ3v) is 6.79. The first kappa shape index (κ1) is 31.5. The minimum Gasteiger partial charge on any atom is -0.462 e. The fraction of sp³-hybridized carbons (Fsp3) is 0.967. The Hall–Kier alpha value is -0.530.